The molecule has 0 saturated carbocycles. The van der Waals surface area contributed by atoms with Gasteiger partial charge in [-0.05, 0) is 43.0 Å². The summed E-state index contributed by atoms with van der Waals surface area (Å²) < 4.78 is 26.8. The Morgan fingerprint density at radius 2 is 2.16 bits per heavy atom. The Bertz CT molecular complexity index is 588. The Hall–Kier alpha value is -0.620. The van der Waals surface area contributed by atoms with E-state index in [-0.39, 0.29) is 5.41 Å². The lowest BCUT2D eigenvalue weighted by Crippen LogP contribution is -2.34. The first-order valence-electron chi connectivity index (χ1n) is 6.25. The van der Waals surface area contributed by atoms with Gasteiger partial charge in [-0.2, -0.15) is 4.31 Å². The zero-order chi connectivity index (χ0) is 14.3. The van der Waals surface area contributed by atoms with Crippen molar-refractivity contribution in [2.45, 2.75) is 25.2 Å². The van der Waals surface area contributed by atoms with E-state index in [1.165, 1.54) is 4.31 Å². The number of nitrogens with two attached hydrogens (primary N) is 1. The maximum Gasteiger partial charge on any atom is 0.243 e. The first-order chi connectivity index (χ1) is 8.80. The van der Waals surface area contributed by atoms with E-state index in [1.54, 1.807) is 25.1 Å². The molecule has 1 atom stereocenters. The van der Waals surface area contributed by atoms with Crippen molar-refractivity contribution < 1.29 is 8.42 Å². The Kier molecular flexibility index (Phi) is 3.93. The molecule has 1 aromatic carbocycles. The molecule has 2 rings (SSSR count). The van der Waals surface area contributed by atoms with Crippen molar-refractivity contribution in [1.29, 1.82) is 0 Å². The van der Waals surface area contributed by atoms with E-state index in [2.05, 4.69) is 0 Å². The summed E-state index contributed by atoms with van der Waals surface area (Å²) in [5.74, 6) is 0. The fraction of sp³-hybridized carbons (Fsp3) is 0.538. The van der Waals surface area contributed by atoms with Gasteiger partial charge in [0.2, 0.25) is 10.0 Å². The summed E-state index contributed by atoms with van der Waals surface area (Å²) in [6.07, 6.45) is 0.794. The molecule has 106 valence electrons. The molecule has 1 aliphatic rings. The van der Waals surface area contributed by atoms with Crippen molar-refractivity contribution in [3.8, 4) is 0 Å². The molecule has 1 aromatic rings. The summed E-state index contributed by atoms with van der Waals surface area (Å²) in [5, 5.41) is 0.474. The molecule has 0 bridgehead atoms. The zero-order valence-electron chi connectivity index (χ0n) is 11.2. The molecule has 0 aliphatic carbocycles. The molecule has 1 fully saturated rings. The molecule has 1 aliphatic heterocycles. The highest BCUT2D eigenvalue weighted by molar-refractivity contribution is 7.89. The topological polar surface area (TPSA) is 63.4 Å². The minimum Gasteiger partial charge on any atom is -0.330 e. The maximum absolute atomic E-state index is 12.6. The van der Waals surface area contributed by atoms with E-state index in [0.717, 1.165) is 6.42 Å². The fourth-order valence-electron chi connectivity index (χ4n) is 2.36. The van der Waals surface area contributed by atoms with Crippen LogP contribution >= 0.6 is 11.6 Å². The molecule has 19 heavy (non-hydrogen) atoms. The van der Waals surface area contributed by atoms with Gasteiger partial charge in [0.15, 0.2) is 0 Å². The molecular weight excluding hydrogens is 284 g/mol. The Labute approximate surface area is 119 Å². The maximum atomic E-state index is 12.6. The average Bonchev–Trinajstić information content (AvgIpc) is 2.77. The van der Waals surface area contributed by atoms with Crippen LogP contribution in [0.1, 0.15) is 18.9 Å². The van der Waals surface area contributed by atoms with Crippen LogP contribution in [0, 0.1) is 12.3 Å². The van der Waals surface area contributed by atoms with Gasteiger partial charge in [0.1, 0.15) is 0 Å². The fourth-order valence-corrected chi connectivity index (χ4v) is 4.43. The van der Waals surface area contributed by atoms with Gasteiger partial charge >= 0.3 is 0 Å². The monoisotopic (exact) mass is 302 g/mol. The molecule has 4 nitrogen and oxygen atoms in total. The molecule has 1 heterocycles. The smallest absolute Gasteiger partial charge is 0.243 e. The largest absolute Gasteiger partial charge is 0.330 e. The number of halogens is 1. The third kappa shape index (κ3) is 2.65. The number of hydrogen-bond donors (Lipinski definition) is 1. The minimum absolute atomic E-state index is 0.125. The van der Waals surface area contributed by atoms with E-state index >= 15 is 0 Å². The standard InChI is InChI=1S/C13H19ClN2O2S/c1-10-11(14)4-3-5-12(10)19(17,18)16-7-6-13(2,8-15)9-16/h3-5H,6-9,15H2,1-2H3. The average molecular weight is 303 g/mol. The molecule has 1 unspecified atom stereocenters. The Balaban J connectivity index is 2.37. The number of sulfonamides is 1. The third-order valence-electron chi connectivity index (χ3n) is 3.85. The van der Waals surface area contributed by atoms with Gasteiger partial charge in [0.25, 0.3) is 0 Å². The molecular formula is C13H19ClN2O2S. The van der Waals surface area contributed by atoms with Crippen LogP contribution in [0.5, 0.6) is 0 Å². The lowest BCUT2D eigenvalue weighted by atomic mass is 9.90. The Morgan fingerprint density at radius 1 is 1.47 bits per heavy atom. The summed E-state index contributed by atoms with van der Waals surface area (Å²) in [6, 6.07) is 4.97. The minimum atomic E-state index is -3.48. The van der Waals surface area contributed by atoms with Crippen LogP contribution in [0.4, 0.5) is 0 Å². The van der Waals surface area contributed by atoms with Gasteiger partial charge in [0, 0.05) is 18.1 Å². The predicted molar refractivity (Wildman–Crippen MR) is 76.7 cm³/mol. The highest BCUT2D eigenvalue weighted by Crippen LogP contribution is 2.34. The van der Waals surface area contributed by atoms with Gasteiger partial charge in [-0.3, -0.25) is 0 Å². The molecule has 6 heteroatoms. The summed E-state index contributed by atoms with van der Waals surface area (Å²) in [6.45, 7) is 5.23. The van der Waals surface area contributed by atoms with Gasteiger partial charge < -0.3 is 5.73 Å². The van der Waals surface area contributed by atoms with Crippen molar-refractivity contribution in [3.05, 3.63) is 28.8 Å². The number of nitrogens with zero attached hydrogens (tertiary/aromatic N) is 1. The van der Waals surface area contributed by atoms with E-state index in [9.17, 15) is 8.42 Å². The number of rotatable bonds is 3. The molecule has 0 spiro atoms. The van der Waals surface area contributed by atoms with Crippen LogP contribution in [0.3, 0.4) is 0 Å². The predicted octanol–water partition coefficient (Wildman–Crippen LogP) is 2.01. The molecule has 2 N–H and O–H groups in total. The van der Waals surface area contributed by atoms with Crippen LogP contribution in [0.2, 0.25) is 5.02 Å². The molecule has 1 saturated heterocycles. The highest BCUT2D eigenvalue weighted by atomic mass is 35.5. The number of benzene rings is 1. The first-order valence-corrected chi connectivity index (χ1v) is 8.07. The molecule has 0 aromatic heterocycles. The quantitative estimate of drug-likeness (QED) is 0.929. The second kappa shape index (κ2) is 5.05. The van der Waals surface area contributed by atoms with Crippen molar-refractivity contribution in [3.63, 3.8) is 0 Å². The Morgan fingerprint density at radius 3 is 2.74 bits per heavy atom. The van der Waals surface area contributed by atoms with Crippen LogP contribution in [0.15, 0.2) is 23.1 Å². The van der Waals surface area contributed by atoms with Crippen LogP contribution in [-0.4, -0.2) is 32.4 Å². The normalized spacial score (nSPS) is 24.8. The van der Waals surface area contributed by atoms with E-state index in [1.807, 2.05) is 6.92 Å². The van der Waals surface area contributed by atoms with Gasteiger partial charge in [-0.25, -0.2) is 8.42 Å². The van der Waals surface area contributed by atoms with Crippen molar-refractivity contribution in [2.24, 2.45) is 11.1 Å². The van der Waals surface area contributed by atoms with Crippen molar-refractivity contribution in [2.75, 3.05) is 19.6 Å². The van der Waals surface area contributed by atoms with Crippen LogP contribution < -0.4 is 5.73 Å². The second-order valence-electron chi connectivity index (χ2n) is 5.47. The van der Waals surface area contributed by atoms with Gasteiger partial charge in [0.05, 0.1) is 4.90 Å². The lowest BCUT2D eigenvalue weighted by molar-refractivity contribution is 0.349. The van der Waals surface area contributed by atoms with Crippen LogP contribution in [0.25, 0.3) is 0 Å². The first kappa shape index (κ1) is 14.8. The van der Waals surface area contributed by atoms with E-state index < -0.39 is 10.0 Å². The summed E-state index contributed by atoms with van der Waals surface area (Å²) in [5.41, 5.74) is 6.20. The summed E-state index contributed by atoms with van der Waals surface area (Å²) in [7, 11) is -3.48. The summed E-state index contributed by atoms with van der Waals surface area (Å²) in [4.78, 5) is 0.293. The van der Waals surface area contributed by atoms with E-state index in [4.69, 9.17) is 17.3 Å². The SMILES string of the molecule is Cc1c(Cl)cccc1S(=O)(=O)N1CCC(C)(CN)C1. The van der Waals surface area contributed by atoms with Gasteiger partial charge in [-0.1, -0.05) is 24.6 Å². The van der Waals surface area contributed by atoms with Gasteiger partial charge in [-0.15, -0.1) is 0 Å². The van der Waals surface area contributed by atoms with Crippen LogP contribution in [-0.2, 0) is 10.0 Å². The molecule has 0 radical (unpaired) electrons. The van der Waals surface area contributed by atoms with E-state index in [0.29, 0.717) is 35.1 Å². The third-order valence-corrected chi connectivity index (χ3v) is 6.25. The lowest BCUT2D eigenvalue weighted by Gasteiger charge is -2.23. The van der Waals surface area contributed by atoms with Crippen molar-refractivity contribution in [1.82, 2.24) is 4.31 Å². The zero-order valence-corrected chi connectivity index (χ0v) is 12.8. The van der Waals surface area contributed by atoms with Crippen molar-refractivity contribution >= 4 is 21.6 Å². The summed E-state index contributed by atoms with van der Waals surface area (Å²) >= 11 is 6.01. The second-order valence-corrected chi connectivity index (χ2v) is 7.78. The molecule has 0 amide bonds. The number of hydrogen-bond acceptors (Lipinski definition) is 3. The highest BCUT2D eigenvalue weighted by Gasteiger charge is 2.39.